The lowest BCUT2D eigenvalue weighted by Gasteiger charge is -2.34. The molecule has 7 nitrogen and oxygen atoms in total. The van der Waals surface area contributed by atoms with E-state index >= 15 is 4.39 Å². The van der Waals surface area contributed by atoms with E-state index in [9.17, 15) is 35.9 Å². The molecular weight excluding hydrogens is 525 g/mol. The summed E-state index contributed by atoms with van der Waals surface area (Å²) in [6, 6.07) is 11.6. The maximum atomic E-state index is 15.0. The first-order chi connectivity index (χ1) is 17.8. The third-order valence-electron chi connectivity index (χ3n) is 6.00. The van der Waals surface area contributed by atoms with Crippen LogP contribution in [0.2, 0.25) is 0 Å². The minimum atomic E-state index is -5.01. The molecule has 2 aromatic carbocycles. The summed E-state index contributed by atoms with van der Waals surface area (Å²) in [5.41, 5.74) is 0.321. The molecule has 0 N–H and O–H groups in total. The average Bonchev–Trinajstić information content (AvgIpc) is 3.38. The summed E-state index contributed by atoms with van der Waals surface area (Å²) in [6.07, 6.45) is -9.89. The minimum Gasteiger partial charge on any atom is -0.413 e. The Morgan fingerprint density at radius 1 is 0.974 bits per heavy atom. The Labute approximate surface area is 210 Å². The highest BCUT2D eigenvalue weighted by atomic mass is 19.4. The zero-order chi connectivity index (χ0) is 27.7. The van der Waals surface area contributed by atoms with E-state index in [4.69, 9.17) is 0 Å². The number of hydrogen-bond donors (Lipinski definition) is 0. The molecule has 1 fully saturated rings. The number of carbonyl (C=O) groups excluding carboxylic acids is 2. The molecule has 4 rings (SSSR count). The van der Waals surface area contributed by atoms with E-state index in [0.717, 1.165) is 6.07 Å². The first-order valence-electron chi connectivity index (χ1n) is 11.3. The van der Waals surface area contributed by atoms with E-state index in [1.54, 1.807) is 30.3 Å². The van der Waals surface area contributed by atoms with Crippen molar-refractivity contribution >= 4 is 17.5 Å². The van der Waals surface area contributed by atoms with E-state index in [0.29, 0.717) is 10.6 Å². The van der Waals surface area contributed by atoms with Gasteiger partial charge in [-0.05, 0) is 37.1 Å². The zero-order valence-electron chi connectivity index (χ0n) is 19.4. The lowest BCUT2D eigenvalue weighted by molar-refractivity contribution is -0.186. The molecular formula is C24H19F7N4O3. The van der Waals surface area contributed by atoms with Crippen LogP contribution in [0.1, 0.15) is 24.3 Å². The molecule has 2 heterocycles. The SMILES string of the molecule is O=C(C1CCN(C(=O)C(F)(F)F)CC1)N(Cc1ccc(-c2nnc(C(F)(F)F)o2)cc1F)c1ccccc1. The van der Waals surface area contributed by atoms with Gasteiger partial charge in [0.25, 0.3) is 0 Å². The first kappa shape index (κ1) is 27.1. The van der Waals surface area contributed by atoms with Gasteiger partial charge < -0.3 is 14.2 Å². The van der Waals surface area contributed by atoms with Gasteiger partial charge in [0.15, 0.2) is 0 Å². The van der Waals surface area contributed by atoms with Crippen molar-refractivity contribution in [2.75, 3.05) is 18.0 Å². The van der Waals surface area contributed by atoms with Crippen molar-refractivity contribution in [3.8, 4) is 11.5 Å². The number of hydrogen-bond acceptors (Lipinski definition) is 5. The van der Waals surface area contributed by atoms with E-state index in [1.807, 2.05) is 0 Å². The first-order valence-corrected chi connectivity index (χ1v) is 11.3. The van der Waals surface area contributed by atoms with Crippen LogP contribution in [0, 0.1) is 11.7 Å². The maximum Gasteiger partial charge on any atom is 0.471 e. The van der Waals surface area contributed by atoms with Gasteiger partial charge >= 0.3 is 24.2 Å². The van der Waals surface area contributed by atoms with Crippen molar-refractivity contribution in [1.82, 2.24) is 15.1 Å². The van der Waals surface area contributed by atoms with Crippen LogP contribution in [-0.2, 0) is 22.3 Å². The Hall–Kier alpha value is -3.97. The van der Waals surface area contributed by atoms with Gasteiger partial charge in [0.1, 0.15) is 5.82 Å². The van der Waals surface area contributed by atoms with Crippen molar-refractivity contribution in [3.05, 3.63) is 65.8 Å². The third-order valence-corrected chi connectivity index (χ3v) is 6.00. The van der Waals surface area contributed by atoms with Crippen LogP contribution in [0.5, 0.6) is 0 Å². The Kier molecular flexibility index (Phi) is 7.42. The van der Waals surface area contributed by atoms with Crippen molar-refractivity contribution in [1.29, 1.82) is 0 Å². The van der Waals surface area contributed by atoms with Crippen molar-refractivity contribution in [2.45, 2.75) is 31.7 Å². The summed E-state index contributed by atoms with van der Waals surface area (Å²) in [6.45, 7) is -0.788. The van der Waals surface area contributed by atoms with E-state index < -0.39 is 47.7 Å². The molecule has 0 atom stereocenters. The lowest BCUT2D eigenvalue weighted by atomic mass is 9.94. The molecule has 14 heteroatoms. The minimum absolute atomic E-state index is 0.00981. The number of alkyl halides is 6. The molecule has 38 heavy (non-hydrogen) atoms. The number of amides is 2. The highest BCUT2D eigenvalue weighted by molar-refractivity contribution is 5.95. The fraction of sp³-hybridized carbons (Fsp3) is 0.333. The molecule has 1 saturated heterocycles. The second-order valence-electron chi connectivity index (χ2n) is 8.54. The molecule has 0 unspecified atom stereocenters. The number of aromatic nitrogens is 2. The van der Waals surface area contributed by atoms with Crippen molar-refractivity contribution in [2.24, 2.45) is 5.92 Å². The number of halogens is 7. The molecule has 0 saturated carbocycles. The van der Waals surface area contributed by atoms with E-state index in [-0.39, 0.29) is 43.6 Å². The maximum absolute atomic E-state index is 15.0. The number of para-hydroxylation sites is 1. The monoisotopic (exact) mass is 544 g/mol. The summed E-state index contributed by atoms with van der Waals surface area (Å²) >= 11 is 0. The predicted octanol–water partition coefficient (Wildman–Crippen LogP) is 5.23. The fourth-order valence-corrected chi connectivity index (χ4v) is 4.07. The van der Waals surface area contributed by atoms with Crippen LogP contribution in [0.25, 0.3) is 11.5 Å². The predicted molar refractivity (Wildman–Crippen MR) is 118 cm³/mol. The van der Waals surface area contributed by atoms with Gasteiger partial charge in [-0.15, -0.1) is 10.2 Å². The zero-order valence-corrected chi connectivity index (χ0v) is 19.4. The molecule has 202 valence electrons. The van der Waals surface area contributed by atoms with Crippen molar-refractivity contribution < 1.29 is 44.7 Å². The van der Waals surface area contributed by atoms with Crippen LogP contribution >= 0.6 is 0 Å². The standard InChI is InChI=1S/C24H19F7N4O3/c25-18-12-15(19-32-33-21(38-19)23(26,27)28)6-7-16(18)13-35(17-4-2-1-3-5-17)20(36)14-8-10-34(11-9-14)22(37)24(29,30)31/h1-7,12,14H,8-11,13H2. The second-order valence-corrected chi connectivity index (χ2v) is 8.54. The van der Waals surface area contributed by atoms with Crippen LogP contribution in [0.4, 0.5) is 36.4 Å². The number of piperidine rings is 1. The highest BCUT2D eigenvalue weighted by Crippen LogP contribution is 2.32. The molecule has 3 aromatic rings. The lowest BCUT2D eigenvalue weighted by Crippen LogP contribution is -2.48. The number of likely N-dealkylation sites (tertiary alicyclic amines) is 1. The van der Waals surface area contributed by atoms with E-state index in [2.05, 4.69) is 14.6 Å². The Bertz CT molecular complexity index is 1300. The van der Waals surface area contributed by atoms with Gasteiger partial charge in [-0.1, -0.05) is 24.3 Å². The highest BCUT2D eigenvalue weighted by Gasteiger charge is 2.44. The molecule has 1 aromatic heterocycles. The normalized spacial score (nSPS) is 15.0. The molecule has 0 aliphatic carbocycles. The van der Waals surface area contributed by atoms with Crippen molar-refractivity contribution in [3.63, 3.8) is 0 Å². The number of benzene rings is 2. The summed E-state index contributed by atoms with van der Waals surface area (Å²) < 4.78 is 96.0. The van der Waals surface area contributed by atoms with Gasteiger partial charge in [0.05, 0.1) is 6.54 Å². The topological polar surface area (TPSA) is 79.5 Å². The molecule has 1 aliphatic rings. The largest absolute Gasteiger partial charge is 0.471 e. The van der Waals surface area contributed by atoms with Gasteiger partial charge in [0, 0.05) is 35.8 Å². The van der Waals surface area contributed by atoms with Gasteiger partial charge in [-0.25, -0.2) is 4.39 Å². The van der Waals surface area contributed by atoms with E-state index in [1.165, 1.54) is 17.0 Å². The summed E-state index contributed by atoms with van der Waals surface area (Å²) in [4.78, 5) is 26.8. The average molecular weight is 544 g/mol. The molecule has 1 aliphatic heterocycles. The van der Waals surface area contributed by atoms with Gasteiger partial charge in [-0.2, -0.15) is 26.3 Å². The smallest absolute Gasteiger partial charge is 0.413 e. The summed E-state index contributed by atoms with van der Waals surface area (Å²) in [5, 5.41) is 6.19. The third kappa shape index (κ3) is 5.94. The van der Waals surface area contributed by atoms with Gasteiger partial charge in [-0.3, -0.25) is 9.59 Å². The summed E-state index contributed by atoms with van der Waals surface area (Å²) in [7, 11) is 0. The number of carbonyl (C=O) groups is 2. The molecule has 0 bridgehead atoms. The number of rotatable bonds is 5. The molecule has 0 spiro atoms. The Morgan fingerprint density at radius 2 is 1.63 bits per heavy atom. The molecule has 0 radical (unpaired) electrons. The Balaban J connectivity index is 1.53. The van der Waals surface area contributed by atoms with Crippen LogP contribution in [-0.4, -0.2) is 46.2 Å². The number of nitrogens with zero attached hydrogens (tertiary/aromatic N) is 4. The Morgan fingerprint density at radius 3 is 2.18 bits per heavy atom. The van der Waals surface area contributed by atoms with Crippen LogP contribution in [0.3, 0.4) is 0 Å². The summed E-state index contributed by atoms with van der Waals surface area (Å²) in [5.74, 6) is -6.12. The fourth-order valence-electron chi connectivity index (χ4n) is 4.07. The quantitative estimate of drug-likeness (QED) is 0.411. The van der Waals surface area contributed by atoms with Crippen LogP contribution < -0.4 is 4.90 Å². The number of anilines is 1. The second kappa shape index (κ2) is 10.4. The van der Waals surface area contributed by atoms with Gasteiger partial charge in [0.2, 0.25) is 11.8 Å². The molecule has 2 amide bonds. The van der Waals surface area contributed by atoms with Crippen LogP contribution in [0.15, 0.2) is 52.9 Å².